The average Bonchev–Trinajstić information content (AvgIpc) is 3.07. The topological polar surface area (TPSA) is 110 Å². The Hall–Kier alpha value is -1.52. The lowest BCUT2D eigenvalue weighted by atomic mass is 9.89. The highest BCUT2D eigenvalue weighted by Gasteiger charge is 2.39. The Morgan fingerprint density at radius 3 is 2.26 bits per heavy atom. The van der Waals surface area contributed by atoms with Crippen LogP contribution in [0.25, 0.3) is 0 Å². The number of hydrogen-bond acceptors (Lipinski definition) is 6. The summed E-state index contributed by atoms with van der Waals surface area (Å²) in [6.45, 7) is 1.05. The third-order valence-corrected chi connectivity index (χ3v) is 7.48. The van der Waals surface area contributed by atoms with Crippen LogP contribution in [0.1, 0.15) is 11.5 Å². The van der Waals surface area contributed by atoms with Gasteiger partial charge in [0.2, 0.25) is 10.0 Å². The number of sulfone groups is 1. The van der Waals surface area contributed by atoms with Crippen LogP contribution in [0.15, 0.2) is 58.6 Å². The van der Waals surface area contributed by atoms with Crippen molar-refractivity contribution in [3.63, 3.8) is 0 Å². The van der Waals surface area contributed by atoms with Gasteiger partial charge in [0.25, 0.3) is 0 Å². The molecule has 7 nitrogen and oxygen atoms in total. The highest BCUT2D eigenvalue weighted by atomic mass is 35.5. The maximum Gasteiger partial charge on any atom is 0.244 e. The molecule has 0 bridgehead atoms. The molecule has 1 fully saturated rings. The maximum atomic E-state index is 12.9. The molecular formula is C17H22ClN3O4S2. The second-order valence-corrected chi connectivity index (χ2v) is 10.3. The van der Waals surface area contributed by atoms with Crippen molar-refractivity contribution in [1.82, 2.24) is 9.29 Å². The van der Waals surface area contributed by atoms with E-state index in [0.29, 0.717) is 19.6 Å². The first-order valence-corrected chi connectivity index (χ1v) is 11.5. The number of rotatable bonds is 5. The fourth-order valence-corrected chi connectivity index (χ4v) is 5.26. The zero-order chi connectivity index (χ0) is 18.9. The number of pyridine rings is 1. The van der Waals surface area contributed by atoms with E-state index in [1.807, 2.05) is 30.3 Å². The summed E-state index contributed by atoms with van der Waals surface area (Å²) in [5.41, 5.74) is 6.93. The van der Waals surface area contributed by atoms with Crippen LogP contribution in [0.5, 0.6) is 0 Å². The molecule has 0 unspecified atom stereocenters. The molecule has 2 atom stereocenters. The van der Waals surface area contributed by atoms with Crippen molar-refractivity contribution in [3.8, 4) is 0 Å². The Balaban J connectivity index is 0.00000261. The smallest absolute Gasteiger partial charge is 0.244 e. The minimum Gasteiger partial charge on any atom is -0.330 e. The molecular weight excluding hydrogens is 410 g/mol. The number of nitrogens with two attached hydrogens (primary N) is 1. The average molecular weight is 432 g/mol. The first-order valence-electron chi connectivity index (χ1n) is 8.15. The summed E-state index contributed by atoms with van der Waals surface area (Å²) in [5.74, 6) is 0.0506. The SMILES string of the molecule is CS(=O)(=O)c1ccc(S(=O)(=O)N2C[C@@H](CN)[C@H](c3ccccc3)C2)cn1.Cl. The molecule has 2 N–H and O–H groups in total. The molecule has 0 amide bonds. The Kier molecular flexibility index (Phi) is 6.64. The Labute approximate surface area is 166 Å². The number of hydrogen-bond donors (Lipinski definition) is 1. The van der Waals surface area contributed by atoms with E-state index in [1.165, 1.54) is 16.4 Å². The number of nitrogens with zero attached hydrogens (tertiary/aromatic N) is 2. The number of aromatic nitrogens is 1. The quantitative estimate of drug-likeness (QED) is 0.763. The summed E-state index contributed by atoms with van der Waals surface area (Å²) in [4.78, 5) is 3.77. The van der Waals surface area contributed by atoms with Gasteiger partial charge in [0, 0.05) is 31.5 Å². The van der Waals surface area contributed by atoms with Crippen molar-refractivity contribution in [1.29, 1.82) is 0 Å². The van der Waals surface area contributed by atoms with E-state index in [4.69, 9.17) is 5.73 Å². The predicted octanol–water partition coefficient (Wildman–Crippen LogP) is 1.27. The van der Waals surface area contributed by atoms with Gasteiger partial charge in [-0.15, -0.1) is 12.4 Å². The minimum atomic E-state index is -3.76. The van der Waals surface area contributed by atoms with E-state index in [1.54, 1.807) is 0 Å². The number of sulfonamides is 1. The van der Waals surface area contributed by atoms with Crippen LogP contribution in [-0.4, -0.2) is 52.0 Å². The zero-order valence-corrected chi connectivity index (χ0v) is 17.2. The molecule has 1 aromatic heterocycles. The predicted molar refractivity (Wildman–Crippen MR) is 105 cm³/mol. The van der Waals surface area contributed by atoms with E-state index in [0.717, 1.165) is 18.0 Å². The monoisotopic (exact) mass is 431 g/mol. The fraction of sp³-hybridized carbons (Fsp3) is 0.353. The number of halogens is 1. The first-order chi connectivity index (χ1) is 12.2. The molecule has 1 aliphatic rings. The standard InChI is InChI=1S/C17H21N3O4S2.ClH/c1-25(21,22)17-8-7-15(10-19-17)26(23,24)20-11-14(9-18)16(12-20)13-5-3-2-4-6-13;/h2-8,10,14,16H,9,11-12,18H2,1H3;1H/t14-,16+;/m1./s1. The molecule has 2 aromatic rings. The van der Waals surface area contributed by atoms with Crippen LogP contribution in [0.4, 0.5) is 0 Å². The molecule has 10 heteroatoms. The van der Waals surface area contributed by atoms with Gasteiger partial charge in [0.1, 0.15) is 4.90 Å². The molecule has 3 rings (SSSR count). The van der Waals surface area contributed by atoms with Gasteiger partial charge in [-0.2, -0.15) is 4.31 Å². The van der Waals surface area contributed by atoms with Gasteiger partial charge >= 0.3 is 0 Å². The summed E-state index contributed by atoms with van der Waals surface area (Å²) in [6, 6.07) is 12.2. The molecule has 27 heavy (non-hydrogen) atoms. The van der Waals surface area contributed by atoms with Crippen LogP contribution >= 0.6 is 12.4 Å². The van der Waals surface area contributed by atoms with Gasteiger partial charge in [0.05, 0.1) is 0 Å². The lowest BCUT2D eigenvalue weighted by Crippen LogP contribution is -2.30. The van der Waals surface area contributed by atoms with Gasteiger partial charge in [0.15, 0.2) is 14.9 Å². The highest BCUT2D eigenvalue weighted by Crippen LogP contribution is 2.35. The Bertz CT molecular complexity index is 981. The molecule has 1 aromatic carbocycles. The van der Waals surface area contributed by atoms with Crippen molar-refractivity contribution < 1.29 is 16.8 Å². The normalized spacial score (nSPS) is 21.0. The van der Waals surface area contributed by atoms with Gasteiger partial charge in [-0.25, -0.2) is 21.8 Å². The van der Waals surface area contributed by atoms with Gasteiger partial charge in [-0.1, -0.05) is 30.3 Å². The molecule has 1 saturated heterocycles. The minimum absolute atomic E-state index is 0. The van der Waals surface area contributed by atoms with Crippen molar-refractivity contribution in [3.05, 3.63) is 54.2 Å². The number of benzene rings is 1. The summed E-state index contributed by atoms with van der Waals surface area (Å²) in [5, 5.41) is -0.153. The van der Waals surface area contributed by atoms with E-state index < -0.39 is 19.9 Å². The lowest BCUT2D eigenvalue weighted by Gasteiger charge is -2.17. The molecule has 0 radical (unpaired) electrons. The van der Waals surface area contributed by atoms with Crippen LogP contribution in [0, 0.1) is 5.92 Å². The van der Waals surface area contributed by atoms with E-state index in [-0.39, 0.29) is 34.2 Å². The van der Waals surface area contributed by atoms with Gasteiger partial charge in [-0.05, 0) is 30.2 Å². The fourth-order valence-electron chi connectivity index (χ4n) is 3.23. The molecule has 2 heterocycles. The largest absolute Gasteiger partial charge is 0.330 e. The summed E-state index contributed by atoms with van der Waals surface area (Å²) in [6.07, 6.45) is 2.12. The third kappa shape index (κ3) is 4.49. The van der Waals surface area contributed by atoms with Crippen LogP contribution in [0.2, 0.25) is 0 Å². The van der Waals surface area contributed by atoms with Crippen LogP contribution in [-0.2, 0) is 19.9 Å². The second kappa shape index (κ2) is 8.24. The Morgan fingerprint density at radius 2 is 1.74 bits per heavy atom. The first kappa shape index (κ1) is 21.8. The van der Waals surface area contributed by atoms with Crippen molar-refractivity contribution in [2.75, 3.05) is 25.9 Å². The molecule has 0 saturated carbocycles. The van der Waals surface area contributed by atoms with E-state index >= 15 is 0 Å². The van der Waals surface area contributed by atoms with Gasteiger partial charge < -0.3 is 5.73 Å². The molecule has 1 aliphatic heterocycles. The van der Waals surface area contributed by atoms with E-state index in [2.05, 4.69) is 4.98 Å². The lowest BCUT2D eigenvalue weighted by molar-refractivity contribution is 0.458. The summed E-state index contributed by atoms with van der Waals surface area (Å²) >= 11 is 0. The second-order valence-electron chi connectivity index (χ2n) is 6.44. The van der Waals surface area contributed by atoms with Crippen molar-refractivity contribution >= 4 is 32.3 Å². The summed E-state index contributed by atoms with van der Waals surface area (Å²) < 4.78 is 50.3. The molecule has 0 aliphatic carbocycles. The van der Waals surface area contributed by atoms with Crippen LogP contribution < -0.4 is 5.73 Å². The van der Waals surface area contributed by atoms with Crippen LogP contribution in [0.3, 0.4) is 0 Å². The Morgan fingerprint density at radius 1 is 1.07 bits per heavy atom. The zero-order valence-electron chi connectivity index (χ0n) is 14.7. The van der Waals surface area contributed by atoms with Crippen molar-refractivity contribution in [2.45, 2.75) is 15.8 Å². The van der Waals surface area contributed by atoms with Crippen molar-refractivity contribution in [2.24, 2.45) is 11.7 Å². The van der Waals surface area contributed by atoms with E-state index in [9.17, 15) is 16.8 Å². The highest BCUT2D eigenvalue weighted by molar-refractivity contribution is 7.90. The summed E-state index contributed by atoms with van der Waals surface area (Å²) in [7, 11) is -7.24. The molecule has 148 valence electrons. The van der Waals surface area contributed by atoms with Gasteiger partial charge in [-0.3, -0.25) is 0 Å². The molecule has 0 spiro atoms. The third-order valence-electron chi connectivity index (χ3n) is 4.66. The maximum absolute atomic E-state index is 12.9.